The van der Waals surface area contributed by atoms with Crippen molar-refractivity contribution in [2.24, 2.45) is 0 Å². The molecule has 0 aliphatic carbocycles. The second-order valence-electron chi connectivity index (χ2n) is 5.78. The number of nitrogens with zero attached hydrogens (tertiary/aromatic N) is 1. The minimum Gasteiger partial charge on any atom is -0.375 e. The van der Waals surface area contributed by atoms with Gasteiger partial charge in [-0.2, -0.15) is 0 Å². The van der Waals surface area contributed by atoms with Crippen molar-refractivity contribution in [3.05, 3.63) is 24.3 Å². The minimum absolute atomic E-state index is 0.101. The molecule has 124 valence electrons. The van der Waals surface area contributed by atoms with Crippen molar-refractivity contribution in [3.8, 4) is 0 Å². The van der Waals surface area contributed by atoms with Gasteiger partial charge in [-0.1, -0.05) is 6.07 Å². The van der Waals surface area contributed by atoms with Crippen LogP contribution in [0.4, 0.5) is 16.2 Å². The van der Waals surface area contributed by atoms with Crippen LogP contribution in [0.25, 0.3) is 0 Å². The van der Waals surface area contributed by atoms with Crippen LogP contribution in [-0.2, 0) is 9.53 Å². The first-order valence-corrected chi connectivity index (χ1v) is 7.96. The van der Waals surface area contributed by atoms with Crippen LogP contribution >= 0.6 is 0 Å². The second kappa shape index (κ2) is 6.97. The lowest BCUT2D eigenvalue weighted by Crippen LogP contribution is -2.53. The summed E-state index contributed by atoms with van der Waals surface area (Å²) in [5.41, 5.74) is 1.45. The number of carbonyl (C=O) groups excluding carboxylic acids is 2. The highest BCUT2D eigenvalue weighted by molar-refractivity contribution is 5.97. The largest absolute Gasteiger partial charge is 0.375 e. The molecule has 7 nitrogen and oxygen atoms in total. The zero-order valence-electron chi connectivity index (χ0n) is 13.2. The molecular weight excluding hydrogens is 296 g/mol. The molecule has 7 heteroatoms. The Bertz CT molecular complexity index is 592. The van der Waals surface area contributed by atoms with E-state index in [4.69, 9.17) is 4.74 Å². The minimum atomic E-state index is -0.370. The van der Waals surface area contributed by atoms with Gasteiger partial charge < -0.3 is 20.7 Å². The van der Waals surface area contributed by atoms with Crippen molar-refractivity contribution in [2.75, 3.05) is 36.5 Å². The van der Waals surface area contributed by atoms with Gasteiger partial charge in [0.05, 0.1) is 12.7 Å². The highest BCUT2D eigenvalue weighted by atomic mass is 16.5. The number of urea groups is 1. The third-order valence-electron chi connectivity index (χ3n) is 4.10. The Kier molecular flexibility index (Phi) is 4.78. The summed E-state index contributed by atoms with van der Waals surface area (Å²) >= 11 is 0. The summed E-state index contributed by atoms with van der Waals surface area (Å²) in [7, 11) is 0. The Morgan fingerprint density at radius 2 is 2.26 bits per heavy atom. The molecule has 2 saturated heterocycles. The first-order chi connectivity index (χ1) is 11.1. The summed E-state index contributed by atoms with van der Waals surface area (Å²) in [6, 6.07) is 6.86. The maximum absolute atomic E-state index is 12.4. The molecule has 2 fully saturated rings. The van der Waals surface area contributed by atoms with Crippen molar-refractivity contribution in [3.63, 3.8) is 0 Å². The van der Waals surface area contributed by atoms with E-state index < -0.39 is 0 Å². The van der Waals surface area contributed by atoms with Gasteiger partial charge in [0.1, 0.15) is 6.04 Å². The third-order valence-corrected chi connectivity index (χ3v) is 4.10. The summed E-state index contributed by atoms with van der Waals surface area (Å²) in [5, 5.41) is 8.88. The number of nitrogens with one attached hydrogen (secondary N) is 3. The molecule has 3 amide bonds. The zero-order valence-corrected chi connectivity index (χ0v) is 13.2. The van der Waals surface area contributed by atoms with Crippen molar-refractivity contribution in [1.29, 1.82) is 0 Å². The molecule has 23 heavy (non-hydrogen) atoms. The van der Waals surface area contributed by atoms with E-state index in [9.17, 15) is 9.59 Å². The van der Waals surface area contributed by atoms with E-state index in [-0.39, 0.29) is 24.1 Å². The van der Waals surface area contributed by atoms with Crippen molar-refractivity contribution in [2.45, 2.75) is 25.5 Å². The Labute approximate surface area is 135 Å². The Balaban J connectivity index is 1.69. The molecule has 1 aromatic rings. The van der Waals surface area contributed by atoms with Gasteiger partial charge in [-0.15, -0.1) is 0 Å². The average Bonchev–Trinajstić information content (AvgIpc) is 2.56. The van der Waals surface area contributed by atoms with Gasteiger partial charge in [0, 0.05) is 31.0 Å². The van der Waals surface area contributed by atoms with Gasteiger partial charge in [0.15, 0.2) is 0 Å². The van der Waals surface area contributed by atoms with Crippen LogP contribution in [0.2, 0.25) is 0 Å². The van der Waals surface area contributed by atoms with Crippen LogP contribution in [0, 0.1) is 0 Å². The van der Waals surface area contributed by atoms with E-state index in [2.05, 4.69) is 16.0 Å². The van der Waals surface area contributed by atoms with Crippen molar-refractivity contribution >= 4 is 23.3 Å². The highest BCUT2D eigenvalue weighted by Gasteiger charge is 2.28. The number of rotatable bonds is 3. The number of hydrogen-bond acceptors (Lipinski definition) is 4. The first kappa shape index (κ1) is 15.8. The predicted molar refractivity (Wildman–Crippen MR) is 87.6 cm³/mol. The molecule has 2 atom stereocenters. The van der Waals surface area contributed by atoms with Gasteiger partial charge in [-0.25, -0.2) is 4.79 Å². The molecule has 2 aliphatic heterocycles. The van der Waals surface area contributed by atoms with E-state index in [0.29, 0.717) is 31.9 Å². The van der Waals surface area contributed by atoms with E-state index in [1.54, 1.807) is 4.90 Å². The Morgan fingerprint density at radius 3 is 3.04 bits per heavy atom. The third kappa shape index (κ3) is 3.62. The van der Waals surface area contributed by atoms with E-state index in [0.717, 1.165) is 12.1 Å². The molecule has 2 heterocycles. The standard InChI is InChI=1S/C16H22N4O3/c1-11-14(17-7-9-23-11)15(21)19-12-4-2-5-13(10-12)20-8-3-6-18-16(20)22/h2,4-5,10-11,14,17H,3,6-9H2,1H3,(H,18,22)(H,19,21)/t11-,14+/m1/s1. The van der Waals surface area contributed by atoms with Crippen LogP contribution in [0.1, 0.15) is 13.3 Å². The Morgan fingerprint density at radius 1 is 1.39 bits per heavy atom. The SMILES string of the molecule is C[C@H]1OCCN[C@@H]1C(=O)Nc1cccc(N2CCCNC2=O)c1. The molecule has 0 spiro atoms. The van der Waals surface area contributed by atoms with Gasteiger partial charge in [0.25, 0.3) is 0 Å². The number of morpholine rings is 1. The van der Waals surface area contributed by atoms with Crippen LogP contribution in [-0.4, -0.2) is 50.3 Å². The van der Waals surface area contributed by atoms with Crippen LogP contribution in [0.5, 0.6) is 0 Å². The Hall–Kier alpha value is -2.12. The fraction of sp³-hybridized carbons (Fsp3) is 0.500. The van der Waals surface area contributed by atoms with Crippen molar-refractivity contribution in [1.82, 2.24) is 10.6 Å². The lowest BCUT2D eigenvalue weighted by atomic mass is 10.1. The predicted octanol–water partition coefficient (Wildman–Crippen LogP) is 0.922. The summed E-state index contributed by atoms with van der Waals surface area (Å²) < 4.78 is 5.50. The summed E-state index contributed by atoms with van der Waals surface area (Å²) in [5.74, 6) is -0.127. The summed E-state index contributed by atoms with van der Waals surface area (Å²) in [6.45, 7) is 4.54. The smallest absolute Gasteiger partial charge is 0.321 e. The molecular formula is C16H22N4O3. The normalized spacial score (nSPS) is 24.9. The lowest BCUT2D eigenvalue weighted by Gasteiger charge is -2.30. The van der Waals surface area contributed by atoms with Crippen molar-refractivity contribution < 1.29 is 14.3 Å². The molecule has 2 aliphatic rings. The van der Waals surface area contributed by atoms with Gasteiger partial charge in [0.2, 0.25) is 5.91 Å². The number of anilines is 2. The second-order valence-corrected chi connectivity index (χ2v) is 5.78. The topological polar surface area (TPSA) is 82.7 Å². The highest BCUT2D eigenvalue weighted by Crippen LogP contribution is 2.21. The number of hydrogen-bond donors (Lipinski definition) is 3. The molecule has 3 rings (SSSR count). The average molecular weight is 318 g/mol. The number of carbonyl (C=O) groups is 2. The fourth-order valence-electron chi connectivity index (χ4n) is 2.87. The molecule has 3 N–H and O–H groups in total. The number of amides is 3. The van der Waals surface area contributed by atoms with E-state index in [1.807, 2.05) is 31.2 Å². The monoisotopic (exact) mass is 318 g/mol. The maximum Gasteiger partial charge on any atom is 0.321 e. The first-order valence-electron chi connectivity index (χ1n) is 7.96. The molecule has 0 aromatic heterocycles. The molecule has 0 radical (unpaired) electrons. The van der Waals surface area contributed by atoms with Crippen LogP contribution < -0.4 is 20.9 Å². The molecule has 0 bridgehead atoms. The van der Waals surface area contributed by atoms with Gasteiger partial charge >= 0.3 is 6.03 Å². The van der Waals surface area contributed by atoms with Crippen LogP contribution in [0.3, 0.4) is 0 Å². The van der Waals surface area contributed by atoms with E-state index >= 15 is 0 Å². The van der Waals surface area contributed by atoms with Crippen LogP contribution in [0.15, 0.2) is 24.3 Å². The quantitative estimate of drug-likeness (QED) is 0.774. The molecule has 0 saturated carbocycles. The fourth-order valence-corrected chi connectivity index (χ4v) is 2.87. The molecule has 0 unspecified atom stereocenters. The summed E-state index contributed by atoms with van der Waals surface area (Å²) in [4.78, 5) is 26.0. The summed E-state index contributed by atoms with van der Waals surface area (Å²) in [6.07, 6.45) is 0.739. The molecule has 1 aromatic carbocycles. The zero-order chi connectivity index (χ0) is 16.2. The lowest BCUT2D eigenvalue weighted by molar-refractivity contribution is -0.123. The van der Waals surface area contributed by atoms with Gasteiger partial charge in [-0.3, -0.25) is 9.69 Å². The number of ether oxygens (including phenoxy) is 1. The van der Waals surface area contributed by atoms with E-state index in [1.165, 1.54) is 0 Å². The van der Waals surface area contributed by atoms with Gasteiger partial charge in [-0.05, 0) is 31.5 Å². The maximum atomic E-state index is 12.4. The number of benzene rings is 1.